The monoisotopic (exact) mass is 642 g/mol. The number of rotatable bonds is 12. The molecular weight excluding hydrogens is 605 g/mol. The number of aliphatic hydroxyl groups excluding tert-OH is 1. The van der Waals surface area contributed by atoms with Crippen molar-refractivity contribution < 1.29 is 5.11 Å². The second kappa shape index (κ2) is 14.5. The number of aliphatic hydroxyl groups is 1. The first-order chi connectivity index (χ1) is 24.2. The van der Waals surface area contributed by atoms with Gasteiger partial charge in [0.1, 0.15) is 11.4 Å². The lowest BCUT2D eigenvalue weighted by Gasteiger charge is -2.36. The van der Waals surface area contributed by atoms with Crippen molar-refractivity contribution in [3.8, 4) is 22.5 Å². The highest BCUT2D eigenvalue weighted by molar-refractivity contribution is 5.81. The third kappa shape index (κ3) is 6.12. The van der Waals surface area contributed by atoms with E-state index in [2.05, 4.69) is 137 Å². The van der Waals surface area contributed by atoms with Gasteiger partial charge < -0.3 is 10.0 Å². The van der Waals surface area contributed by atoms with Crippen LogP contribution in [-0.4, -0.2) is 36.8 Å². The lowest BCUT2D eigenvalue weighted by Crippen LogP contribution is -2.39. The van der Waals surface area contributed by atoms with E-state index in [1.807, 2.05) is 41.1 Å². The summed E-state index contributed by atoms with van der Waals surface area (Å²) in [4.78, 5) is 6.84. The Morgan fingerprint density at radius 2 is 1.22 bits per heavy atom. The van der Waals surface area contributed by atoms with E-state index in [4.69, 9.17) is 10.3 Å². The molecule has 0 aliphatic rings. The molecule has 0 aliphatic heterocycles. The van der Waals surface area contributed by atoms with E-state index < -0.39 is 5.54 Å². The number of anilines is 1. The van der Waals surface area contributed by atoms with Crippen molar-refractivity contribution in [2.45, 2.75) is 32.0 Å². The molecule has 1 N–H and O–H groups in total. The summed E-state index contributed by atoms with van der Waals surface area (Å²) in [5.41, 5.74) is 7.33. The van der Waals surface area contributed by atoms with Gasteiger partial charge in [-0.1, -0.05) is 153 Å². The summed E-state index contributed by atoms with van der Waals surface area (Å²) in [6.45, 7) is 3.64. The van der Waals surface area contributed by atoms with Crippen LogP contribution in [0.3, 0.4) is 0 Å². The topological polar surface area (TPSA) is 80.0 Å². The van der Waals surface area contributed by atoms with E-state index in [-0.39, 0.29) is 6.61 Å². The van der Waals surface area contributed by atoms with E-state index in [9.17, 15) is 5.11 Å². The molecule has 7 nitrogen and oxygen atoms in total. The fraction of sp³-hybridized carbons (Fsp3) is 0.143. The van der Waals surface area contributed by atoms with Crippen LogP contribution < -0.4 is 4.90 Å². The molecule has 0 saturated heterocycles. The minimum Gasteiger partial charge on any atom is -0.392 e. The molecule has 2 aromatic heterocycles. The molecule has 0 saturated carbocycles. The SMILES string of the molecule is CCCN(Cc1ccc(-c2ccccc2-c2nnnn2C(c2ccccc2)(c2ccccc2)c2ccccc2)cc1)c1ncccc1CO. The predicted octanol–water partition coefficient (Wildman–Crippen LogP) is 8.15. The fourth-order valence-corrected chi connectivity index (χ4v) is 6.79. The molecule has 7 rings (SSSR count). The van der Waals surface area contributed by atoms with Crippen LogP contribution in [0.1, 0.15) is 41.2 Å². The Labute approximate surface area is 287 Å². The fourth-order valence-electron chi connectivity index (χ4n) is 6.79. The molecule has 7 aromatic rings. The number of pyridine rings is 1. The van der Waals surface area contributed by atoms with E-state index in [0.717, 1.165) is 63.3 Å². The Hall–Kier alpha value is -5.92. The van der Waals surface area contributed by atoms with Crippen LogP contribution in [0, 0.1) is 0 Å². The molecule has 0 atom stereocenters. The molecule has 7 heteroatoms. The summed E-state index contributed by atoms with van der Waals surface area (Å²) in [5.74, 6) is 1.49. The van der Waals surface area contributed by atoms with E-state index in [1.165, 1.54) is 0 Å². The van der Waals surface area contributed by atoms with Crippen molar-refractivity contribution in [3.05, 3.63) is 186 Å². The molecule has 2 heterocycles. The molecule has 0 amide bonds. The minimum atomic E-state index is -0.846. The van der Waals surface area contributed by atoms with Gasteiger partial charge in [-0.2, -0.15) is 0 Å². The Kier molecular flexibility index (Phi) is 9.34. The van der Waals surface area contributed by atoms with E-state index in [1.54, 1.807) is 6.20 Å². The van der Waals surface area contributed by atoms with Crippen molar-refractivity contribution in [2.24, 2.45) is 0 Å². The number of aromatic nitrogens is 5. The van der Waals surface area contributed by atoms with Crippen molar-refractivity contribution in [3.63, 3.8) is 0 Å². The Bertz CT molecular complexity index is 2000. The molecule has 0 spiro atoms. The molecule has 0 aliphatic carbocycles. The van der Waals surface area contributed by atoms with Crippen molar-refractivity contribution in [1.82, 2.24) is 25.2 Å². The Morgan fingerprint density at radius 3 is 1.80 bits per heavy atom. The first-order valence-corrected chi connectivity index (χ1v) is 16.7. The second-order valence-electron chi connectivity index (χ2n) is 12.0. The van der Waals surface area contributed by atoms with Crippen LogP contribution in [0.2, 0.25) is 0 Å². The predicted molar refractivity (Wildman–Crippen MR) is 195 cm³/mol. The summed E-state index contributed by atoms with van der Waals surface area (Å²) in [6, 6.07) is 52.1. The summed E-state index contributed by atoms with van der Waals surface area (Å²) in [6.07, 6.45) is 2.75. The number of nitrogens with zero attached hydrogens (tertiary/aromatic N) is 6. The number of tetrazole rings is 1. The van der Waals surface area contributed by atoms with Crippen LogP contribution in [0.15, 0.2) is 158 Å². The minimum absolute atomic E-state index is 0.0430. The zero-order valence-electron chi connectivity index (χ0n) is 27.5. The Balaban J connectivity index is 1.33. The molecule has 0 fully saturated rings. The third-order valence-electron chi connectivity index (χ3n) is 9.00. The van der Waals surface area contributed by atoms with Crippen molar-refractivity contribution in [2.75, 3.05) is 11.4 Å². The zero-order chi connectivity index (χ0) is 33.5. The third-order valence-corrected chi connectivity index (χ3v) is 9.00. The summed E-state index contributed by atoms with van der Waals surface area (Å²) in [5, 5.41) is 23.7. The van der Waals surface area contributed by atoms with Crippen molar-refractivity contribution >= 4 is 5.82 Å². The Morgan fingerprint density at radius 1 is 0.653 bits per heavy atom. The first-order valence-electron chi connectivity index (χ1n) is 16.7. The van der Waals surface area contributed by atoms with Gasteiger partial charge in [0, 0.05) is 30.4 Å². The van der Waals surface area contributed by atoms with Gasteiger partial charge in [0.05, 0.1) is 6.61 Å². The number of hydrogen-bond donors (Lipinski definition) is 1. The van der Waals surface area contributed by atoms with Gasteiger partial charge >= 0.3 is 0 Å². The maximum absolute atomic E-state index is 9.95. The normalized spacial score (nSPS) is 11.4. The largest absolute Gasteiger partial charge is 0.392 e. The first kappa shape index (κ1) is 31.7. The van der Waals surface area contributed by atoms with Crippen LogP contribution >= 0.6 is 0 Å². The van der Waals surface area contributed by atoms with Crippen molar-refractivity contribution in [1.29, 1.82) is 0 Å². The maximum Gasteiger partial charge on any atom is 0.184 e. The average molecular weight is 643 g/mol. The van der Waals surface area contributed by atoms with Crippen LogP contribution in [0.4, 0.5) is 5.82 Å². The van der Waals surface area contributed by atoms with Gasteiger partial charge in [0.15, 0.2) is 5.82 Å². The average Bonchev–Trinajstić information content (AvgIpc) is 3.67. The zero-order valence-corrected chi connectivity index (χ0v) is 27.5. The smallest absolute Gasteiger partial charge is 0.184 e. The second-order valence-corrected chi connectivity index (χ2v) is 12.0. The molecule has 0 radical (unpaired) electrons. The number of benzene rings is 5. The van der Waals surface area contributed by atoms with E-state index >= 15 is 0 Å². The molecule has 242 valence electrons. The maximum atomic E-state index is 9.95. The van der Waals surface area contributed by atoms with Gasteiger partial charge in [0.25, 0.3) is 0 Å². The van der Waals surface area contributed by atoms with Gasteiger partial charge in [-0.3, -0.25) is 0 Å². The van der Waals surface area contributed by atoms with Crippen LogP contribution in [0.5, 0.6) is 0 Å². The highest BCUT2D eigenvalue weighted by Crippen LogP contribution is 2.43. The quantitative estimate of drug-likeness (QED) is 0.136. The van der Waals surface area contributed by atoms with Crippen LogP contribution in [-0.2, 0) is 18.7 Å². The number of hydrogen-bond acceptors (Lipinski definition) is 6. The molecular formula is C42H38N6O. The molecule has 5 aromatic carbocycles. The van der Waals surface area contributed by atoms with Gasteiger partial charge in [-0.05, 0) is 56.3 Å². The summed E-state index contributed by atoms with van der Waals surface area (Å²) in [7, 11) is 0. The highest BCUT2D eigenvalue weighted by atomic mass is 16.3. The lowest BCUT2D eigenvalue weighted by molar-refractivity contribution is 0.281. The summed E-state index contributed by atoms with van der Waals surface area (Å²) >= 11 is 0. The molecule has 0 bridgehead atoms. The lowest BCUT2D eigenvalue weighted by atomic mass is 9.77. The van der Waals surface area contributed by atoms with E-state index in [0.29, 0.717) is 12.4 Å². The standard InChI is InChI=1S/C42H38N6O/c1-2-29-47(40-34(31-49)15-14-28-43-40)30-32-24-26-33(27-25-32)38-22-12-13-23-39(38)41-44-45-46-48(41)42(35-16-6-3-7-17-35,36-18-8-4-9-19-36)37-20-10-5-11-21-37/h3-28,49H,2,29-31H2,1H3. The van der Waals surface area contributed by atoms with Gasteiger partial charge in [-0.25, -0.2) is 9.67 Å². The molecule has 49 heavy (non-hydrogen) atoms. The summed E-state index contributed by atoms with van der Waals surface area (Å²) < 4.78 is 1.98. The van der Waals surface area contributed by atoms with Crippen LogP contribution in [0.25, 0.3) is 22.5 Å². The van der Waals surface area contributed by atoms with Gasteiger partial charge in [0.2, 0.25) is 0 Å². The van der Waals surface area contributed by atoms with Gasteiger partial charge in [-0.15, -0.1) is 5.10 Å². The molecule has 0 unspecified atom stereocenters. The highest BCUT2D eigenvalue weighted by Gasteiger charge is 2.42.